The van der Waals surface area contributed by atoms with Crippen LogP contribution in [0.25, 0.3) is 11.0 Å². The van der Waals surface area contributed by atoms with Crippen LogP contribution < -0.4 is 9.64 Å². The first-order valence-corrected chi connectivity index (χ1v) is 9.42. The molecule has 5 heteroatoms. The zero-order valence-electron chi connectivity index (χ0n) is 15.1. The molecular formula is C22H20NO4+. The Kier molecular flexibility index (Phi) is 3.65. The van der Waals surface area contributed by atoms with Crippen LogP contribution in [0.2, 0.25) is 0 Å². The molecule has 2 heterocycles. The molecule has 0 amide bonds. The molecule has 5 nitrogen and oxygen atoms in total. The number of quaternary nitrogens is 1. The summed E-state index contributed by atoms with van der Waals surface area (Å²) in [6.45, 7) is 4.60. The van der Waals surface area contributed by atoms with Gasteiger partial charge in [0.1, 0.15) is 17.9 Å². The van der Waals surface area contributed by atoms with Gasteiger partial charge in [0.25, 0.3) is 0 Å². The average molecular weight is 362 g/mol. The summed E-state index contributed by atoms with van der Waals surface area (Å²) in [5, 5.41) is 0.706. The molecule has 27 heavy (non-hydrogen) atoms. The van der Waals surface area contributed by atoms with Gasteiger partial charge in [-0.05, 0) is 18.6 Å². The quantitative estimate of drug-likeness (QED) is 0.609. The number of nitrogens with one attached hydrogen (secondary N) is 1. The van der Waals surface area contributed by atoms with Crippen molar-refractivity contribution in [1.29, 1.82) is 0 Å². The lowest BCUT2D eigenvalue weighted by molar-refractivity contribution is -0.932. The third kappa shape index (κ3) is 2.35. The first-order valence-electron chi connectivity index (χ1n) is 9.42. The standard InChI is InChI=1S/C22H19NO4/c1-2-3-10-23-11-16-17(26-12-23)9-8-15-18-19(24)13-6-4-5-7-14(13)20(25)22(18)27-21(15)16/h4-9H,2-3,10-12H2,1H3/p+1. The Hall–Kier alpha value is -2.92. The van der Waals surface area contributed by atoms with E-state index in [2.05, 4.69) is 6.92 Å². The molecule has 0 radical (unpaired) electrons. The second-order valence-electron chi connectivity index (χ2n) is 7.25. The van der Waals surface area contributed by atoms with Gasteiger partial charge in [0.2, 0.25) is 12.5 Å². The number of ketones is 2. The highest BCUT2D eigenvalue weighted by Crippen LogP contribution is 2.39. The first kappa shape index (κ1) is 16.3. The maximum atomic E-state index is 13.1. The lowest BCUT2D eigenvalue weighted by atomic mass is 9.87. The maximum Gasteiger partial charge on any atom is 0.229 e. The van der Waals surface area contributed by atoms with Gasteiger partial charge in [-0.25, -0.2) is 0 Å². The zero-order chi connectivity index (χ0) is 18.5. The molecule has 3 aromatic rings. The van der Waals surface area contributed by atoms with Gasteiger partial charge in [0, 0.05) is 16.5 Å². The van der Waals surface area contributed by atoms with E-state index in [0.29, 0.717) is 34.4 Å². The van der Waals surface area contributed by atoms with E-state index in [1.165, 1.54) is 4.90 Å². The average Bonchev–Trinajstić information content (AvgIpc) is 3.11. The number of furan rings is 1. The van der Waals surface area contributed by atoms with Gasteiger partial charge in [0.05, 0.1) is 17.7 Å². The Balaban J connectivity index is 1.67. The molecule has 2 aliphatic rings. The summed E-state index contributed by atoms with van der Waals surface area (Å²) in [6, 6.07) is 10.7. The molecule has 0 saturated heterocycles. The van der Waals surface area contributed by atoms with Crippen LogP contribution in [0.1, 0.15) is 57.4 Å². The van der Waals surface area contributed by atoms with Crippen molar-refractivity contribution in [2.24, 2.45) is 0 Å². The van der Waals surface area contributed by atoms with E-state index in [1.54, 1.807) is 24.3 Å². The van der Waals surface area contributed by atoms with Gasteiger partial charge >= 0.3 is 0 Å². The van der Waals surface area contributed by atoms with Crippen molar-refractivity contribution in [1.82, 2.24) is 0 Å². The summed E-state index contributed by atoms with van der Waals surface area (Å²) in [4.78, 5) is 27.3. The third-order valence-electron chi connectivity index (χ3n) is 5.51. The molecule has 1 aliphatic carbocycles. The van der Waals surface area contributed by atoms with Crippen LogP contribution in [0.4, 0.5) is 0 Å². The molecule has 136 valence electrons. The number of unbranched alkanes of at least 4 members (excludes halogenated alkanes) is 1. The first-order chi connectivity index (χ1) is 13.2. The highest BCUT2D eigenvalue weighted by Gasteiger charge is 2.36. The number of hydrogen-bond donors (Lipinski definition) is 1. The van der Waals surface area contributed by atoms with Gasteiger partial charge in [0.15, 0.2) is 11.5 Å². The maximum absolute atomic E-state index is 13.1. The minimum absolute atomic E-state index is 0.147. The molecule has 1 aliphatic heterocycles. The second kappa shape index (κ2) is 6.06. The molecule has 1 N–H and O–H groups in total. The van der Waals surface area contributed by atoms with Gasteiger partial charge in [-0.1, -0.05) is 37.6 Å². The van der Waals surface area contributed by atoms with Crippen molar-refractivity contribution in [2.75, 3.05) is 13.3 Å². The predicted octanol–water partition coefficient (Wildman–Crippen LogP) is 2.74. The smallest absolute Gasteiger partial charge is 0.229 e. The molecule has 5 rings (SSSR count). The summed E-state index contributed by atoms with van der Waals surface area (Å²) in [6.07, 6.45) is 2.27. The van der Waals surface area contributed by atoms with Crippen LogP contribution in [-0.4, -0.2) is 24.8 Å². The number of fused-ring (bicyclic) bond motifs is 6. The minimum Gasteiger partial charge on any atom is -0.451 e. The van der Waals surface area contributed by atoms with E-state index >= 15 is 0 Å². The van der Waals surface area contributed by atoms with E-state index in [-0.39, 0.29) is 17.3 Å². The largest absolute Gasteiger partial charge is 0.451 e. The Morgan fingerprint density at radius 3 is 2.59 bits per heavy atom. The van der Waals surface area contributed by atoms with E-state index in [9.17, 15) is 9.59 Å². The Labute approximate surface area is 156 Å². The summed E-state index contributed by atoms with van der Waals surface area (Å²) in [5.74, 6) is 0.567. The topological polar surface area (TPSA) is 61.0 Å². The van der Waals surface area contributed by atoms with Gasteiger partial charge in [-0.2, -0.15) is 0 Å². The Morgan fingerprint density at radius 1 is 1.04 bits per heavy atom. The minimum atomic E-state index is -0.225. The second-order valence-corrected chi connectivity index (χ2v) is 7.25. The molecule has 1 unspecified atom stereocenters. The van der Waals surface area contributed by atoms with Crippen molar-refractivity contribution in [3.05, 3.63) is 64.4 Å². The number of carbonyl (C=O) groups excluding carboxylic acids is 2. The molecule has 0 bridgehead atoms. The van der Waals surface area contributed by atoms with E-state index < -0.39 is 0 Å². The van der Waals surface area contributed by atoms with Gasteiger partial charge in [-0.15, -0.1) is 0 Å². The molecule has 0 saturated carbocycles. The zero-order valence-corrected chi connectivity index (χ0v) is 15.1. The fraction of sp³-hybridized carbons (Fsp3) is 0.273. The molecule has 0 spiro atoms. The van der Waals surface area contributed by atoms with E-state index in [0.717, 1.165) is 37.2 Å². The van der Waals surface area contributed by atoms with Crippen LogP contribution >= 0.6 is 0 Å². The van der Waals surface area contributed by atoms with Crippen molar-refractivity contribution < 1.29 is 23.6 Å². The van der Waals surface area contributed by atoms with E-state index in [4.69, 9.17) is 9.15 Å². The lowest BCUT2D eigenvalue weighted by Crippen LogP contribution is -3.12. The van der Waals surface area contributed by atoms with Crippen molar-refractivity contribution in [3.63, 3.8) is 0 Å². The highest BCUT2D eigenvalue weighted by atomic mass is 16.5. The number of ether oxygens (including phenoxy) is 1. The van der Waals surface area contributed by atoms with Crippen molar-refractivity contribution in [3.8, 4) is 5.75 Å². The van der Waals surface area contributed by atoms with Crippen LogP contribution in [-0.2, 0) is 6.54 Å². The normalized spacial score (nSPS) is 18.0. The monoisotopic (exact) mass is 362 g/mol. The molecule has 1 aromatic heterocycles. The van der Waals surface area contributed by atoms with Crippen LogP contribution in [0.15, 0.2) is 40.8 Å². The fourth-order valence-corrected chi connectivity index (χ4v) is 4.09. The highest BCUT2D eigenvalue weighted by molar-refractivity contribution is 6.31. The van der Waals surface area contributed by atoms with Gasteiger partial charge < -0.3 is 9.15 Å². The number of rotatable bonds is 3. The summed E-state index contributed by atoms with van der Waals surface area (Å²) >= 11 is 0. The molecule has 0 fully saturated rings. The summed E-state index contributed by atoms with van der Waals surface area (Å²) in [5.41, 5.74) is 2.80. The predicted molar refractivity (Wildman–Crippen MR) is 99.5 cm³/mol. The lowest BCUT2D eigenvalue weighted by Gasteiger charge is -2.26. The van der Waals surface area contributed by atoms with Crippen molar-refractivity contribution >= 4 is 22.5 Å². The SMILES string of the molecule is CCCC[NH+]1COc2ccc3c4c(oc3c2C1)C(=O)c1ccccc1C4=O. The Bertz CT molecular complexity index is 1100. The summed E-state index contributed by atoms with van der Waals surface area (Å²) < 4.78 is 11.9. The summed E-state index contributed by atoms with van der Waals surface area (Å²) in [7, 11) is 0. The fourth-order valence-electron chi connectivity index (χ4n) is 4.09. The molecular weight excluding hydrogens is 342 g/mol. The number of hydrogen-bond acceptors (Lipinski definition) is 4. The molecule has 1 atom stereocenters. The molecule has 2 aromatic carbocycles. The number of benzene rings is 2. The van der Waals surface area contributed by atoms with Crippen LogP contribution in [0.5, 0.6) is 5.75 Å². The number of carbonyl (C=O) groups is 2. The third-order valence-corrected chi connectivity index (χ3v) is 5.51. The van der Waals surface area contributed by atoms with Crippen molar-refractivity contribution in [2.45, 2.75) is 26.3 Å². The van der Waals surface area contributed by atoms with Crippen LogP contribution in [0, 0.1) is 0 Å². The van der Waals surface area contributed by atoms with Crippen LogP contribution in [0.3, 0.4) is 0 Å². The van der Waals surface area contributed by atoms with E-state index in [1.807, 2.05) is 12.1 Å². The van der Waals surface area contributed by atoms with Gasteiger partial charge in [-0.3, -0.25) is 14.5 Å². The Morgan fingerprint density at radius 2 is 1.81 bits per heavy atom.